The highest BCUT2D eigenvalue weighted by Gasteiger charge is 2.30. The minimum atomic E-state index is -0.318. The number of hydrogen-bond donors (Lipinski definition) is 2. The molecule has 1 aliphatic rings. The number of halogens is 1. The lowest BCUT2D eigenvalue weighted by Gasteiger charge is -2.36. The van der Waals surface area contributed by atoms with Crippen LogP contribution in [0.3, 0.4) is 0 Å². The third-order valence-electron chi connectivity index (χ3n) is 4.03. The maximum absolute atomic E-state index is 14.0. The van der Waals surface area contributed by atoms with Gasteiger partial charge in [-0.25, -0.2) is 4.39 Å². The Labute approximate surface area is 113 Å². The van der Waals surface area contributed by atoms with Gasteiger partial charge in [-0.15, -0.1) is 0 Å². The quantitative estimate of drug-likeness (QED) is 0.861. The molecule has 0 saturated heterocycles. The Balaban J connectivity index is 2.05. The highest BCUT2D eigenvalue weighted by atomic mass is 19.1. The molecule has 1 fully saturated rings. The first-order chi connectivity index (χ1) is 9.21. The highest BCUT2D eigenvalue weighted by Crippen LogP contribution is 2.28. The number of aliphatic hydroxyl groups is 1. The van der Waals surface area contributed by atoms with Crippen molar-refractivity contribution in [3.8, 4) is 5.75 Å². The number of rotatable bonds is 5. The van der Waals surface area contributed by atoms with E-state index < -0.39 is 0 Å². The van der Waals surface area contributed by atoms with Gasteiger partial charge in [0.15, 0.2) is 11.6 Å². The molecule has 0 amide bonds. The lowest BCUT2D eigenvalue weighted by atomic mass is 9.82. The Hall–Kier alpha value is -1.13. The second-order valence-electron chi connectivity index (χ2n) is 5.29. The molecule has 106 valence electrons. The van der Waals surface area contributed by atoms with Crippen molar-refractivity contribution in [3.63, 3.8) is 0 Å². The van der Waals surface area contributed by atoms with Crippen LogP contribution in [0, 0.1) is 5.82 Å². The summed E-state index contributed by atoms with van der Waals surface area (Å²) in [6.07, 6.45) is 5.36. The molecule has 1 saturated carbocycles. The monoisotopic (exact) mass is 267 g/mol. The van der Waals surface area contributed by atoms with Crippen LogP contribution in [0.15, 0.2) is 18.2 Å². The Kier molecular flexibility index (Phi) is 4.77. The van der Waals surface area contributed by atoms with E-state index in [4.69, 9.17) is 4.74 Å². The molecule has 3 nitrogen and oxygen atoms in total. The summed E-state index contributed by atoms with van der Waals surface area (Å²) in [5, 5.41) is 13.0. The van der Waals surface area contributed by atoms with Crippen molar-refractivity contribution in [1.82, 2.24) is 5.32 Å². The van der Waals surface area contributed by atoms with Gasteiger partial charge >= 0.3 is 0 Å². The molecule has 0 atom stereocenters. The van der Waals surface area contributed by atoms with Gasteiger partial charge in [-0.2, -0.15) is 0 Å². The SMILES string of the molecule is COc1cccc(CNC2(CO)CCCCC2)c1F. The standard InChI is InChI=1S/C15H22FNO2/c1-19-13-7-5-6-12(14(13)16)10-17-15(11-18)8-3-2-4-9-15/h5-7,17-18H,2-4,8-11H2,1H3. The van der Waals surface area contributed by atoms with E-state index in [1.165, 1.54) is 13.5 Å². The highest BCUT2D eigenvalue weighted by molar-refractivity contribution is 5.31. The number of nitrogens with one attached hydrogen (secondary N) is 1. The van der Waals surface area contributed by atoms with Gasteiger partial charge in [0.05, 0.1) is 13.7 Å². The minimum Gasteiger partial charge on any atom is -0.494 e. The zero-order valence-electron chi connectivity index (χ0n) is 11.4. The summed E-state index contributed by atoms with van der Waals surface area (Å²) >= 11 is 0. The van der Waals surface area contributed by atoms with Gasteiger partial charge in [-0.3, -0.25) is 0 Å². The topological polar surface area (TPSA) is 41.5 Å². The second-order valence-corrected chi connectivity index (χ2v) is 5.29. The zero-order chi connectivity index (χ0) is 13.7. The summed E-state index contributed by atoms with van der Waals surface area (Å²) in [6.45, 7) is 0.530. The van der Waals surface area contributed by atoms with Crippen LogP contribution in [0.1, 0.15) is 37.7 Å². The van der Waals surface area contributed by atoms with Crippen LogP contribution in [0.2, 0.25) is 0 Å². The van der Waals surface area contributed by atoms with E-state index >= 15 is 0 Å². The Morgan fingerprint density at radius 3 is 2.68 bits per heavy atom. The molecule has 0 aromatic heterocycles. The summed E-state index contributed by atoms with van der Waals surface area (Å²) in [6, 6.07) is 5.14. The smallest absolute Gasteiger partial charge is 0.169 e. The van der Waals surface area contributed by atoms with Crippen LogP contribution in [-0.2, 0) is 6.54 Å². The number of benzene rings is 1. The van der Waals surface area contributed by atoms with E-state index in [1.807, 2.05) is 0 Å². The van der Waals surface area contributed by atoms with E-state index in [0.29, 0.717) is 12.1 Å². The van der Waals surface area contributed by atoms with Gasteiger partial charge < -0.3 is 15.2 Å². The fourth-order valence-corrected chi connectivity index (χ4v) is 2.75. The van der Waals surface area contributed by atoms with Crippen LogP contribution < -0.4 is 10.1 Å². The van der Waals surface area contributed by atoms with E-state index in [-0.39, 0.29) is 23.7 Å². The van der Waals surface area contributed by atoms with Crippen molar-refractivity contribution >= 4 is 0 Å². The molecule has 0 bridgehead atoms. The number of methoxy groups -OCH3 is 1. The molecule has 19 heavy (non-hydrogen) atoms. The first-order valence-electron chi connectivity index (χ1n) is 6.88. The number of ether oxygens (including phenoxy) is 1. The average molecular weight is 267 g/mol. The summed E-state index contributed by atoms with van der Waals surface area (Å²) < 4.78 is 19.0. The first kappa shape index (κ1) is 14.3. The normalized spacial score (nSPS) is 18.3. The van der Waals surface area contributed by atoms with Gasteiger partial charge in [0.1, 0.15) is 0 Å². The summed E-state index contributed by atoms with van der Waals surface area (Å²) in [5.41, 5.74) is 0.339. The van der Waals surface area contributed by atoms with Gasteiger partial charge in [0.2, 0.25) is 0 Å². The van der Waals surface area contributed by atoms with Crippen molar-refractivity contribution in [2.24, 2.45) is 0 Å². The second kappa shape index (κ2) is 6.35. The van der Waals surface area contributed by atoms with E-state index in [1.54, 1.807) is 18.2 Å². The lowest BCUT2D eigenvalue weighted by molar-refractivity contribution is 0.119. The van der Waals surface area contributed by atoms with Crippen LogP contribution in [0.5, 0.6) is 5.75 Å². The molecule has 2 rings (SSSR count). The molecule has 1 aliphatic carbocycles. The average Bonchev–Trinajstić information content (AvgIpc) is 2.47. The van der Waals surface area contributed by atoms with Crippen molar-refractivity contribution in [3.05, 3.63) is 29.6 Å². The summed E-state index contributed by atoms with van der Waals surface area (Å²) in [5.74, 6) is -0.0533. The summed E-state index contributed by atoms with van der Waals surface area (Å²) in [4.78, 5) is 0. The third-order valence-corrected chi connectivity index (χ3v) is 4.03. The Morgan fingerprint density at radius 2 is 2.05 bits per heavy atom. The lowest BCUT2D eigenvalue weighted by Crippen LogP contribution is -2.49. The maximum atomic E-state index is 14.0. The fourth-order valence-electron chi connectivity index (χ4n) is 2.75. The molecule has 2 N–H and O–H groups in total. The predicted molar refractivity (Wildman–Crippen MR) is 72.7 cm³/mol. The van der Waals surface area contributed by atoms with Crippen LogP contribution >= 0.6 is 0 Å². The number of aliphatic hydroxyl groups excluding tert-OH is 1. The first-order valence-corrected chi connectivity index (χ1v) is 6.88. The molecule has 1 aromatic carbocycles. The fraction of sp³-hybridized carbons (Fsp3) is 0.600. The van der Waals surface area contributed by atoms with E-state index in [0.717, 1.165) is 25.7 Å². The van der Waals surface area contributed by atoms with E-state index in [9.17, 15) is 9.50 Å². The molecule has 0 aliphatic heterocycles. The molecule has 0 heterocycles. The molecule has 0 unspecified atom stereocenters. The Morgan fingerprint density at radius 1 is 1.32 bits per heavy atom. The predicted octanol–water partition coefficient (Wildman–Crippen LogP) is 2.62. The molecular formula is C15H22FNO2. The van der Waals surface area contributed by atoms with Gasteiger partial charge in [-0.05, 0) is 18.9 Å². The van der Waals surface area contributed by atoms with Crippen LogP contribution in [-0.4, -0.2) is 24.4 Å². The van der Waals surface area contributed by atoms with Crippen LogP contribution in [0.4, 0.5) is 4.39 Å². The molecule has 1 aromatic rings. The third kappa shape index (κ3) is 3.25. The van der Waals surface area contributed by atoms with Crippen molar-refractivity contribution in [1.29, 1.82) is 0 Å². The number of hydrogen-bond acceptors (Lipinski definition) is 3. The van der Waals surface area contributed by atoms with E-state index in [2.05, 4.69) is 5.32 Å². The summed E-state index contributed by atoms with van der Waals surface area (Å²) in [7, 11) is 1.46. The van der Waals surface area contributed by atoms with Gasteiger partial charge in [0.25, 0.3) is 0 Å². The maximum Gasteiger partial charge on any atom is 0.169 e. The molecule has 0 radical (unpaired) electrons. The van der Waals surface area contributed by atoms with Crippen molar-refractivity contribution in [2.45, 2.75) is 44.2 Å². The minimum absolute atomic E-state index is 0.110. The van der Waals surface area contributed by atoms with Gasteiger partial charge in [-0.1, -0.05) is 31.4 Å². The Bertz CT molecular complexity index is 417. The molecule has 4 heteroatoms. The van der Waals surface area contributed by atoms with Crippen LogP contribution in [0.25, 0.3) is 0 Å². The van der Waals surface area contributed by atoms with Gasteiger partial charge in [0, 0.05) is 17.6 Å². The molecule has 0 spiro atoms. The largest absolute Gasteiger partial charge is 0.494 e. The van der Waals surface area contributed by atoms with Crippen molar-refractivity contribution in [2.75, 3.05) is 13.7 Å². The molecular weight excluding hydrogens is 245 g/mol. The van der Waals surface area contributed by atoms with Crippen molar-refractivity contribution < 1.29 is 14.2 Å². The zero-order valence-corrected chi connectivity index (χ0v) is 11.4.